The lowest BCUT2D eigenvalue weighted by Gasteiger charge is -2.02. The summed E-state index contributed by atoms with van der Waals surface area (Å²) >= 11 is 0. The molecule has 122 valence electrons. The Labute approximate surface area is 135 Å². The van der Waals surface area contributed by atoms with Gasteiger partial charge in [-0.2, -0.15) is 0 Å². The van der Waals surface area contributed by atoms with Crippen molar-refractivity contribution in [2.75, 3.05) is 7.11 Å². The highest BCUT2D eigenvalue weighted by molar-refractivity contribution is 5.99. The topological polar surface area (TPSA) is 122 Å². The molecule has 9 heteroatoms. The van der Waals surface area contributed by atoms with E-state index in [9.17, 15) is 14.9 Å². The van der Waals surface area contributed by atoms with E-state index >= 15 is 0 Å². The van der Waals surface area contributed by atoms with Crippen LogP contribution in [0, 0.1) is 17.0 Å². The second kappa shape index (κ2) is 5.95. The molecule has 0 saturated heterocycles. The van der Waals surface area contributed by atoms with Gasteiger partial charge in [-0.3, -0.25) is 4.52 Å². The zero-order valence-corrected chi connectivity index (χ0v) is 12.7. The van der Waals surface area contributed by atoms with Gasteiger partial charge in [-0.15, -0.1) is 0 Å². The fraction of sp³-hybridized carbons (Fsp3) is 0.133. The van der Waals surface area contributed by atoms with E-state index in [1.165, 1.54) is 6.39 Å². The maximum atomic E-state index is 11.9. The third-order valence-electron chi connectivity index (χ3n) is 3.38. The van der Waals surface area contributed by atoms with Gasteiger partial charge in [0.25, 0.3) is 0 Å². The average Bonchev–Trinajstić information content (AvgIpc) is 3.20. The number of carbonyl (C=O) groups excluding carboxylic acids is 1. The summed E-state index contributed by atoms with van der Waals surface area (Å²) in [6.07, 6.45) is 1.32. The smallest absolute Gasteiger partial charge is 0.428 e. The number of ether oxygens (including phenoxy) is 1. The van der Waals surface area contributed by atoms with E-state index in [1.807, 2.05) is 0 Å². The van der Waals surface area contributed by atoms with Crippen molar-refractivity contribution in [3.8, 4) is 22.6 Å². The second-order valence-corrected chi connectivity index (χ2v) is 4.80. The highest BCUT2D eigenvalue weighted by atomic mass is 16.6. The molecule has 9 nitrogen and oxygen atoms in total. The molecule has 0 spiro atoms. The van der Waals surface area contributed by atoms with Gasteiger partial charge in [-0.25, -0.2) is 9.78 Å². The number of carbonyl (C=O) groups is 1. The fourth-order valence-electron chi connectivity index (χ4n) is 2.28. The number of hydrogen-bond acceptors (Lipinski definition) is 8. The van der Waals surface area contributed by atoms with E-state index < -0.39 is 16.7 Å². The Hall–Kier alpha value is -3.49. The van der Waals surface area contributed by atoms with Crippen LogP contribution in [-0.4, -0.2) is 28.1 Å². The van der Waals surface area contributed by atoms with Crippen LogP contribution in [0.3, 0.4) is 0 Å². The molecule has 0 fully saturated rings. The molecule has 2 heterocycles. The number of aromatic nitrogens is 2. The summed E-state index contributed by atoms with van der Waals surface area (Å²) in [4.78, 5) is 26.3. The molecule has 2 aromatic heterocycles. The van der Waals surface area contributed by atoms with Gasteiger partial charge in [0.2, 0.25) is 11.3 Å². The summed E-state index contributed by atoms with van der Waals surface area (Å²) in [5.41, 5.74) is 1.41. The number of aryl methyl sites for hydroxylation is 1. The molecule has 1 aromatic carbocycles. The van der Waals surface area contributed by atoms with Crippen molar-refractivity contribution in [2.45, 2.75) is 6.92 Å². The van der Waals surface area contributed by atoms with Crippen LogP contribution in [0.5, 0.6) is 0 Å². The van der Waals surface area contributed by atoms with E-state index in [2.05, 4.69) is 14.9 Å². The molecule has 0 aliphatic rings. The van der Waals surface area contributed by atoms with Crippen LogP contribution in [0.2, 0.25) is 0 Å². The first-order chi connectivity index (χ1) is 11.5. The van der Waals surface area contributed by atoms with Crippen LogP contribution in [0.25, 0.3) is 22.6 Å². The van der Waals surface area contributed by atoms with Gasteiger partial charge in [0.1, 0.15) is 11.5 Å². The van der Waals surface area contributed by atoms with E-state index in [0.29, 0.717) is 22.6 Å². The number of rotatable bonds is 4. The predicted octanol–water partition coefficient (Wildman–Crippen LogP) is 3.00. The number of esters is 1. The predicted molar refractivity (Wildman–Crippen MR) is 80.2 cm³/mol. The quantitative estimate of drug-likeness (QED) is 0.407. The first-order valence-corrected chi connectivity index (χ1v) is 6.76. The molecule has 24 heavy (non-hydrogen) atoms. The zero-order chi connectivity index (χ0) is 17.3. The van der Waals surface area contributed by atoms with Gasteiger partial charge in [0, 0.05) is 11.1 Å². The summed E-state index contributed by atoms with van der Waals surface area (Å²) in [7, 11) is 1.12. The summed E-state index contributed by atoms with van der Waals surface area (Å²) < 4.78 is 14.8. The van der Waals surface area contributed by atoms with Crippen molar-refractivity contribution in [1.29, 1.82) is 0 Å². The SMILES string of the molecule is COC(=O)c1c([N+](=O)[O-])noc1-c1cccc(-c2ncoc2C)c1. The summed E-state index contributed by atoms with van der Waals surface area (Å²) in [6, 6.07) is 6.79. The van der Waals surface area contributed by atoms with Crippen LogP contribution in [-0.2, 0) is 4.74 Å². The molecule has 0 amide bonds. The highest BCUT2D eigenvalue weighted by Crippen LogP contribution is 2.33. The molecule has 3 rings (SSSR count). The van der Waals surface area contributed by atoms with E-state index in [0.717, 1.165) is 7.11 Å². The lowest BCUT2D eigenvalue weighted by Crippen LogP contribution is -2.05. The highest BCUT2D eigenvalue weighted by Gasteiger charge is 2.34. The van der Waals surface area contributed by atoms with Crippen molar-refractivity contribution in [3.63, 3.8) is 0 Å². The minimum absolute atomic E-state index is 0.0449. The van der Waals surface area contributed by atoms with Crippen molar-refractivity contribution >= 4 is 11.8 Å². The molecule has 0 aliphatic heterocycles. The lowest BCUT2D eigenvalue weighted by atomic mass is 10.0. The summed E-state index contributed by atoms with van der Waals surface area (Å²) in [5.74, 6) is -1.03. The van der Waals surface area contributed by atoms with Crippen molar-refractivity contribution in [2.24, 2.45) is 0 Å². The molecule has 0 unspecified atom stereocenters. The van der Waals surface area contributed by atoms with E-state index in [1.54, 1.807) is 31.2 Å². The van der Waals surface area contributed by atoms with Gasteiger partial charge >= 0.3 is 11.8 Å². The van der Waals surface area contributed by atoms with Crippen LogP contribution >= 0.6 is 0 Å². The average molecular weight is 329 g/mol. The number of nitrogens with zero attached hydrogens (tertiary/aromatic N) is 3. The van der Waals surface area contributed by atoms with Gasteiger partial charge in [-0.05, 0) is 17.9 Å². The standard InChI is InChI=1S/C15H11N3O6/c1-8-12(16-7-23-8)9-4-3-5-10(6-9)13-11(15(19)22-2)14(17-24-13)18(20)21/h3-7H,1-2H3. The van der Waals surface area contributed by atoms with Crippen LogP contribution in [0.15, 0.2) is 39.6 Å². The number of methoxy groups -OCH3 is 1. The molecule has 3 aromatic rings. The van der Waals surface area contributed by atoms with Gasteiger partial charge in [0.15, 0.2) is 11.6 Å². The molecule has 0 aliphatic carbocycles. The van der Waals surface area contributed by atoms with Gasteiger partial charge in [-0.1, -0.05) is 18.2 Å². The molecule has 0 N–H and O–H groups in total. The monoisotopic (exact) mass is 329 g/mol. The summed E-state index contributed by atoms with van der Waals surface area (Å²) in [5, 5.41) is 14.4. The normalized spacial score (nSPS) is 10.6. The van der Waals surface area contributed by atoms with Crippen molar-refractivity contribution in [1.82, 2.24) is 10.1 Å². The van der Waals surface area contributed by atoms with Crippen molar-refractivity contribution in [3.05, 3.63) is 52.1 Å². The Kier molecular flexibility index (Phi) is 3.82. The summed E-state index contributed by atoms with van der Waals surface area (Å²) in [6.45, 7) is 1.76. The third kappa shape index (κ3) is 2.51. The fourth-order valence-corrected chi connectivity index (χ4v) is 2.28. The first kappa shape index (κ1) is 15.4. The number of benzene rings is 1. The molecular weight excluding hydrogens is 318 g/mol. The zero-order valence-electron chi connectivity index (χ0n) is 12.7. The second-order valence-electron chi connectivity index (χ2n) is 4.80. The third-order valence-corrected chi connectivity index (χ3v) is 3.38. The Balaban J connectivity index is 2.15. The Morgan fingerprint density at radius 3 is 2.71 bits per heavy atom. The minimum Gasteiger partial charge on any atom is -0.465 e. The van der Waals surface area contributed by atoms with E-state index in [4.69, 9.17) is 8.94 Å². The van der Waals surface area contributed by atoms with Crippen LogP contribution in [0.4, 0.5) is 5.82 Å². The van der Waals surface area contributed by atoms with Gasteiger partial charge in [0.05, 0.1) is 7.11 Å². The number of oxazole rings is 1. The van der Waals surface area contributed by atoms with E-state index in [-0.39, 0.29) is 11.3 Å². The minimum atomic E-state index is -0.902. The molecule has 0 saturated carbocycles. The largest absolute Gasteiger partial charge is 0.465 e. The molecule has 0 atom stereocenters. The van der Waals surface area contributed by atoms with Crippen LogP contribution in [0.1, 0.15) is 16.1 Å². The Morgan fingerprint density at radius 2 is 2.08 bits per heavy atom. The Bertz CT molecular complexity index is 927. The maximum Gasteiger partial charge on any atom is 0.428 e. The molecule has 0 bridgehead atoms. The first-order valence-electron chi connectivity index (χ1n) is 6.76. The molecule has 0 radical (unpaired) electrons. The van der Waals surface area contributed by atoms with Crippen LogP contribution < -0.4 is 0 Å². The number of hydrogen-bond donors (Lipinski definition) is 0. The Morgan fingerprint density at radius 1 is 1.33 bits per heavy atom. The lowest BCUT2D eigenvalue weighted by molar-refractivity contribution is -0.391. The molecular formula is C15H11N3O6. The van der Waals surface area contributed by atoms with Crippen molar-refractivity contribution < 1.29 is 23.4 Å². The van der Waals surface area contributed by atoms with Gasteiger partial charge < -0.3 is 19.3 Å². The number of nitro groups is 1. The maximum absolute atomic E-state index is 11.9.